The Morgan fingerprint density at radius 2 is 1.48 bits per heavy atom. The Hall–Kier alpha value is -2.14. The molecule has 0 spiro atoms. The van der Waals surface area contributed by atoms with Gasteiger partial charge in [0.25, 0.3) is 10.0 Å². The van der Waals surface area contributed by atoms with E-state index in [9.17, 15) is 16.8 Å². The molecule has 0 amide bonds. The minimum atomic E-state index is -3.89. The number of ether oxygens (including phenoxy) is 1. The maximum Gasteiger partial charge on any atom is 0.261 e. The van der Waals surface area contributed by atoms with Crippen molar-refractivity contribution in [1.82, 2.24) is 4.31 Å². The molecule has 0 aliphatic heterocycles. The summed E-state index contributed by atoms with van der Waals surface area (Å²) >= 11 is 0. The van der Waals surface area contributed by atoms with E-state index < -0.39 is 20.0 Å². The Labute approximate surface area is 173 Å². The van der Waals surface area contributed by atoms with Crippen molar-refractivity contribution in [3.63, 3.8) is 0 Å². The van der Waals surface area contributed by atoms with E-state index in [-0.39, 0.29) is 9.79 Å². The number of anilines is 2. The second-order valence-electron chi connectivity index (χ2n) is 6.65. The zero-order valence-corrected chi connectivity index (χ0v) is 18.6. The summed E-state index contributed by atoms with van der Waals surface area (Å²) in [5.74, 6) is 0. The van der Waals surface area contributed by atoms with Gasteiger partial charge in [-0.3, -0.25) is 4.72 Å². The van der Waals surface area contributed by atoms with E-state index in [0.29, 0.717) is 18.8 Å². The van der Waals surface area contributed by atoms with E-state index in [0.717, 1.165) is 16.4 Å². The van der Waals surface area contributed by atoms with Gasteiger partial charge in [0, 0.05) is 41.4 Å². The first-order chi connectivity index (χ1) is 13.6. The molecule has 0 saturated carbocycles. The van der Waals surface area contributed by atoms with Gasteiger partial charge in [-0.05, 0) is 42.8 Å². The summed E-state index contributed by atoms with van der Waals surface area (Å²) in [6, 6.07) is 12.2. The summed E-state index contributed by atoms with van der Waals surface area (Å²) in [5, 5.41) is 0. The molecule has 2 aromatic rings. The lowest BCUT2D eigenvalue weighted by Crippen LogP contribution is -2.23. The summed E-state index contributed by atoms with van der Waals surface area (Å²) in [6.45, 7) is 1.31. The quantitative estimate of drug-likeness (QED) is 0.568. The number of methoxy groups -OCH3 is 1. The van der Waals surface area contributed by atoms with Gasteiger partial charge in [-0.25, -0.2) is 21.1 Å². The third-order valence-corrected chi connectivity index (χ3v) is 7.52. The average Bonchev–Trinajstić information content (AvgIpc) is 2.68. The van der Waals surface area contributed by atoms with Gasteiger partial charge in [-0.2, -0.15) is 0 Å². The first kappa shape index (κ1) is 23.1. The number of rotatable bonds is 10. The molecule has 0 aromatic heterocycles. The van der Waals surface area contributed by atoms with Gasteiger partial charge in [0.2, 0.25) is 10.0 Å². The van der Waals surface area contributed by atoms with Gasteiger partial charge in [-0.15, -0.1) is 0 Å². The molecule has 2 rings (SSSR count). The number of hydrogen-bond donors (Lipinski definition) is 1. The van der Waals surface area contributed by atoms with Crippen LogP contribution in [0.15, 0.2) is 58.3 Å². The lowest BCUT2D eigenvalue weighted by Gasteiger charge is -2.23. The highest BCUT2D eigenvalue weighted by Gasteiger charge is 2.21. The highest BCUT2D eigenvalue weighted by atomic mass is 32.2. The lowest BCUT2D eigenvalue weighted by molar-refractivity contribution is 0.196. The van der Waals surface area contributed by atoms with Crippen molar-refractivity contribution in [3.8, 4) is 0 Å². The predicted octanol–water partition coefficient (Wildman–Crippen LogP) is 2.21. The molecule has 29 heavy (non-hydrogen) atoms. The molecule has 160 valence electrons. The van der Waals surface area contributed by atoms with E-state index in [2.05, 4.69) is 4.72 Å². The topological polar surface area (TPSA) is 96.0 Å². The molecular weight excluding hydrogens is 414 g/mol. The fourth-order valence-electron chi connectivity index (χ4n) is 2.66. The van der Waals surface area contributed by atoms with E-state index >= 15 is 0 Å². The Morgan fingerprint density at radius 1 is 0.897 bits per heavy atom. The third-order valence-electron chi connectivity index (χ3n) is 4.31. The van der Waals surface area contributed by atoms with Crippen molar-refractivity contribution in [3.05, 3.63) is 48.5 Å². The number of nitrogens with one attached hydrogen (secondary N) is 1. The van der Waals surface area contributed by atoms with Crippen LogP contribution < -0.4 is 9.62 Å². The average molecular weight is 442 g/mol. The van der Waals surface area contributed by atoms with Crippen LogP contribution >= 0.6 is 0 Å². The molecule has 0 aliphatic carbocycles. The number of sulfonamides is 2. The fraction of sp³-hybridized carbons (Fsp3) is 0.368. The molecule has 2 aromatic carbocycles. The molecule has 0 unspecified atom stereocenters. The molecule has 0 bridgehead atoms. The van der Waals surface area contributed by atoms with E-state index in [1.807, 2.05) is 24.1 Å². The summed E-state index contributed by atoms with van der Waals surface area (Å²) in [5.41, 5.74) is 1.18. The van der Waals surface area contributed by atoms with Crippen LogP contribution in [0.4, 0.5) is 11.4 Å². The second kappa shape index (κ2) is 9.57. The van der Waals surface area contributed by atoms with Crippen LogP contribution in [0.5, 0.6) is 0 Å². The zero-order chi connectivity index (χ0) is 21.7. The fourth-order valence-corrected chi connectivity index (χ4v) is 4.64. The molecule has 0 fully saturated rings. The molecular formula is C19H27N3O5S2. The Morgan fingerprint density at radius 3 is 2.07 bits per heavy atom. The summed E-state index contributed by atoms with van der Waals surface area (Å²) in [7, 11) is -1.16. The smallest absolute Gasteiger partial charge is 0.261 e. The molecule has 10 heteroatoms. The van der Waals surface area contributed by atoms with Crippen molar-refractivity contribution in [1.29, 1.82) is 0 Å². The molecule has 0 saturated heterocycles. The van der Waals surface area contributed by atoms with Gasteiger partial charge in [-0.1, -0.05) is 12.1 Å². The largest absolute Gasteiger partial charge is 0.385 e. The van der Waals surface area contributed by atoms with Crippen LogP contribution in [0, 0.1) is 0 Å². The summed E-state index contributed by atoms with van der Waals surface area (Å²) in [6.07, 6.45) is 0.801. The monoisotopic (exact) mass is 441 g/mol. The van der Waals surface area contributed by atoms with Crippen LogP contribution in [0.2, 0.25) is 0 Å². The minimum absolute atomic E-state index is 0.0213. The standard InChI is InChI=1S/C19H27N3O5S2/c1-21(2)29(25,26)17-12-10-16(11-13-17)28(23,24)20-18-8-5-6-9-19(18)22(3)14-7-15-27-4/h5-6,8-13,20H,7,14-15H2,1-4H3. The second-order valence-corrected chi connectivity index (χ2v) is 10.5. The number of nitrogens with zero attached hydrogens (tertiary/aromatic N) is 2. The minimum Gasteiger partial charge on any atom is -0.385 e. The first-order valence-electron chi connectivity index (χ1n) is 8.94. The maximum absolute atomic E-state index is 12.8. The van der Waals surface area contributed by atoms with Gasteiger partial charge in [0.05, 0.1) is 21.2 Å². The Balaban J connectivity index is 2.26. The first-order valence-corrected chi connectivity index (χ1v) is 11.9. The highest BCUT2D eigenvalue weighted by Crippen LogP contribution is 2.27. The number of benzene rings is 2. The van der Waals surface area contributed by atoms with Crippen LogP contribution in [-0.2, 0) is 24.8 Å². The summed E-state index contributed by atoms with van der Waals surface area (Å²) in [4.78, 5) is 1.95. The van der Waals surface area contributed by atoms with Crippen molar-refractivity contribution in [2.75, 3.05) is 51.0 Å². The molecule has 0 atom stereocenters. The van der Waals surface area contributed by atoms with Crippen molar-refractivity contribution in [2.24, 2.45) is 0 Å². The maximum atomic E-state index is 12.8. The van der Waals surface area contributed by atoms with Gasteiger partial charge in [0.1, 0.15) is 0 Å². The zero-order valence-electron chi connectivity index (χ0n) is 17.0. The molecule has 8 nitrogen and oxygen atoms in total. The lowest BCUT2D eigenvalue weighted by atomic mass is 10.2. The molecule has 0 radical (unpaired) electrons. The SMILES string of the molecule is COCCCN(C)c1ccccc1NS(=O)(=O)c1ccc(S(=O)(=O)N(C)C)cc1. The van der Waals surface area contributed by atoms with E-state index in [4.69, 9.17) is 4.74 Å². The highest BCUT2D eigenvalue weighted by molar-refractivity contribution is 7.92. The van der Waals surface area contributed by atoms with Crippen molar-refractivity contribution in [2.45, 2.75) is 16.2 Å². The van der Waals surface area contributed by atoms with E-state index in [1.165, 1.54) is 38.4 Å². The number of para-hydroxylation sites is 2. The molecule has 0 heterocycles. The van der Waals surface area contributed by atoms with Gasteiger partial charge < -0.3 is 9.64 Å². The predicted molar refractivity (Wildman–Crippen MR) is 114 cm³/mol. The van der Waals surface area contributed by atoms with Crippen molar-refractivity contribution < 1.29 is 21.6 Å². The van der Waals surface area contributed by atoms with Gasteiger partial charge in [0.15, 0.2) is 0 Å². The van der Waals surface area contributed by atoms with Crippen LogP contribution in [-0.4, -0.2) is 62.5 Å². The summed E-state index contributed by atoms with van der Waals surface area (Å²) < 4.78 is 58.7. The van der Waals surface area contributed by atoms with Crippen LogP contribution in [0.25, 0.3) is 0 Å². The molecule has 1 N–H and O–H groups in total. The Kier molecular flexibility index (Phi) is 7.64. The van der Waals surface area contributed by atoms with Gasteiger partial charge >= 0.3 is 0 Å². The normalized spacial score (nSPS) is 12.2. The third kappa shape index (κ3) is 5.69. The van der Waals surface area contributed by atoms with Crippen LogP contribution in [0.3, 0.4) is 0 Å². The Bertz CT molecular complexity index is 1020. The molecule has 0 aliphatic rings. The van der Waals surface area contributed by atoms with Crippen molar-refractivity contribution >= 4 is 31.4 Å². The van der Waals surface area contributed by atoms with Crippen LogP contribution in [0.1, 0.15) is 6.42 Å². The van der Waals surface area contributed by atoms with E-state index in [1.54, 1.807) is 19.2 Å². The number of hydrogen-bond acceptors (Lipinski definition) is 6.